The van der Waals surface area contributed by atoms with Gasteiger partial charge in [0.05, 0.1) is 11.7 Å². The van der Waals surface area contributed by atoms with Crippen molar-refractivity contribution in [2.24, 2.45) is 0 Å². The first kappa shape index (κ1) is 20.7. The second-order valence-corrected chi connectivity index (χ2v) is 8.46. The highest BCUT2D eigenvalue weighted by Crippen LogP contribution is 2.43. The molecule has 3 heterocycles. The number of aromatic nitrogens is 1. The number of halogens is 2. The van der Waals surface area contributed by atoms with E-state index in [0.29, 0.717) is 15.7 Å². The Labute approximate surface area is 195 Å². The van der Waals surface area contributed by atoms with E-state index in [2.05, 4.69) is 10.3 Å². The van der Waals surface area contributed by atoms with Crippen LogP contribution in [0.1, 0.15) is 29.1 Å². The third-order valence-corrected chi connectivity index (χ3v) is 6.13. The van der Waals surface area contributed by atoms with Crippen LogP contribution in [0, 0.1) is 12.7 Å². The van der Waals surface area contributed by atoms with Crippen LogP contribution >= 0.6 is 23.8 Å². The molecule has 160 valence electrons. The molecule has 32 heavy (non-hydrogen) atoms. The Balaban J connectivity index is 1.60. The van der Waals surface area contributed by atoms with E-state index in [0.717, 1.165) is 28.5 Å². The maximum atomic E-state index is 14.0. The highest BCUT2D eigenvalue weighted by molar-refractivity contribution is 7.80. The summed E-state index contributed by atoms with van der Waals surface area (Å²) >= 11 is 11.7. The normalized spacial score (nSPS) is 18.1. The summed E-state index contributed by atoms with van der Waals surface area (Å²) in [5, 5.41) is 4.58. The van der Waals surface area contributed by atoms with E-state index in [-0.39, 0.29) is 17.9 Å². The highest BCUT2D eigenvalue weighted by Gasteiger charge is 2.42. The summed E-state index contributed by atoms with van der Waals surface area (Å²) in [7, 11) is 0. The van der Waals surface area contributed by atoms with Gasteiger partial charge in [0.25, 0.3) is 0 Å². The van der Waals surface area contributed by atoms with E-state index < -0.39 is 0 Å². The molecule has 7 heteroatoms. The SMILES string of the molecule is Cc1cc(N2C(=S)N[C@@H](c3ccccn3)[C@@H]2c2ccc(-c3ccc(Cl)cc3)o2)ccc1F. The largest absolute Gasteiger partial charge is 0.459 e. The zero-order valence-corrected chi connectivity index (χ0v) is 18.7. The average Bonchev–Trinajstić information content (AvgIpc) is 3.41. The van der Waals surface area contributed by atoms with Crippen LogP contribution in [0.3, 0.4) is 0 Å². The van der Waals surface area contributed by atoms with Crippen LogP contribution in [0.5, 0.6) is 0 Å². The number of hydrogen-bond acceptors (Lipinski definition) is 3. The quantitative estimate of drug-likeness (QED) is 0.344. The van der Waals surface area contributed by atoms with Crippen LogP contribution in [0.25, 0.3) is 11.3 Å². The molecule has 0 unspecified atom stereocenters. The van der Waals surface area contributed by atoms with Gasteiger partial charge in [0.1, 0.15) is 23.4 Å². The number of nitrogens with one attached hydrogen (secondary N) is 1. The minimum Gasteiger partial charge on any atom is -0.459 e. The van der Waals surface area contributed by atoms with Crippen molar-refractivity contribution in [2.75, 3.05) is 4.90 Å². The molecule has 1 aliphatic heterocycles. The number of pyridine rings is 1. The average molecular weight is 464 g/mol. The third-order valence-electron chi connectivity index (χ3n) is 5.56. The molecule has 4 nitrogen and oxygen atoms in total. The molecular formula is C25H19ClFN3OS. The van der Waals surface area contributed by atoms with Crippen molar-refractivity contribution in [3.05, 3.63) is 107 Å². The Morgan fingerprint density at radius 1 is 1.06 bits per heavy atom. The number of hydrogen-bond donors (Lipinski definition) is 1. The Kier molecular flexibility index (Phi) is 5.41. The van der Waals surface area contributed by atoms with Crippen molar-refractivity contribution in [3.63, 3.8) is 0 Å². The first-order chi connectivity index (χ1) is 15.5. The number of furan rings is 1. The zero-order chi connectivity index (χ0) is 22.2. The van der Waals surface area contributed by atoms with E-state index >= 15 is 0 Å². The topological polar surface area (TPSA) is 41.3 Å². The molecule has 5 rings (SSSR count). The lowest BCUT2D eigenvalue weighted by atomic mass is 10.0. The van der Waals surface area contributed by atoms with Gasteiger partial charge in [0, 0.05) is 22.5 Å². The van der Waals surface area contributed by atoms with Crippen LogP contribution in [-0.2, 0) is 0 Å². The fourth-order valence-electron chi connectivity index (χ4n) is 3.98. The molecule has 1 saturated heterocycles. The molecule has 0 spiro atoms. The van der Waals surface area contributed by atoms with Crippen LogP contribution in [0.4, 0.5) is 10.1 Å². The molecule has 1 aliphatic rings. The van der Waals surface area contributed by atoms with E-state index in [1.54, 1.807) is 25.3 Å². The fraction of sp³-hybridized carbons (Fsp3) is 0.120. The van der Waals surface area contributed by atoms with Gasteiger partial charge in [0.15, 0.2) is 5.11 Å². The Hall–Kier alpha value is -3.22. The van der Waals surface area contributed by atoms with Crippen LogP contribution in [0.15, 0.2) is 83.4 Å². The van der Waals surface area contributed by atoms with Crippen molar-refractivity contribution in [2.45, 2.75) is 19.0 Å². The first-order valence-electron chi connectivity index (χ1n) is 10.1. The number of rotatable bonds is 4. The van der Waals surface area contributed by atoms with Crippen LogP contribution in [-0.4, -0.2) is 10.1 Å². The predicted molar refractivity (Wildman–Crippen MR) is 128 cm³/mol. The summed E-state index contributed by atoms with van der Waals surface area (Å²) < 4.78 is 20.3. The van der Waals surface area contributed by atoms with E-state index in [1.165, 1.54) is 6.07 Å². The maximum absolute atomic E-state index is 14.0. The Morgan fingerprint density at radius 3 is 2.59 bits per heavy atom. The number of anilines is 1. The van der Waals surface area contributed by atoms with Gasteiger partial charge in [-0.3, -0.25) is 4.98 Å². The number of nitrogens with zero attached hydrogens (tertiary/aromatic N) is 2. The number of thiocarbonyl (C=S) groups is 1. The minimum atomic E-state index is -0.302. The van der Waals surface area contributed by atoms with Gasteiger partial charge in [-0.25, -0.2) is 4.39 Å². The zero-order valence-electron chi connectivity index (χ0n) is 17.1. The molecule has 1 N–H and O–H groups in total. The van der Waals surface area contributed by atoms with Gasteiger partial charge in [-0.15, -0.1) is 0 Å². The van der Waals surface area contributed by atoms with Crippen LogP contribution < -0.4 is 10.2 Å². The van der Waals surface area contributed by atoms with Crippen molar-refractivity contribution in [1.82, 2.24) is 10.3 Å². The minimum absolute atomic E-state index is 0.238. The third kappa shape index (κ3) is 3.76. The van der Waals surface area contributed by atoms with Crippen molar-refractivity contribution >= 4 is 34.6 Å². The molecule has 0 amide bonds. The number of aryl methyl sites for hydroxylation is 1. The van der Waals surface area contributed by atoms with Gasteiger partial charge in [-0.1, -0.05) is 17.7 Å². The van der Waals surface area contributed by atoms with Gasteiger partial charge >= 0.3 is 0 Å². The molecule has 1 fully saturated rings. The summed E-state index contributed by atoms with van der Waals surface area (Å²) in [5.74, 6) is 1.19. The van der Waals surface area contributed by atoms with Crippen molar-refractivity contribution in [1.29, 1.82) is 0 Å². The molecule has 0 aliphatic carbocycles. The second kappa shape index (κ2) is 8.37. The lowest BCUT2D eigenvalue weighted by Gasteiger charge is -2.26. The highest BCUT2D eigenvalue weighted by atomic mass is 35.5. The summed E-state index contributed by atoms with van der Waals surface area (Å²) in [4.78, 5) is 6.50. The summed E-state index contributed by atoms with van der Waals surface area (Å²) in [6.07, 6.45) is 1.75. The molecular weight excluding hydrogens is 445 g/mol. The lowest BCUT2D eigenvalue weighted by molar-refractivity contribution is 0.439. The molecule has 0 bridgehead atoms. The Bertz CT molecular complexity index is 1280. The lowest BCUT2D eigenvalue weighted by Crippen LogP contribution is -2.29. The summed E-state index contributed by atoms with van der Waals surface area (Å²) in [5.41, 5.74) is 3.10. The van der Waals surface area contributed by atoms with Gasteiger partial charge in [-0.2, -0.15) is 0 Å². The van der Waals surface area contributed by atoms with E-state index in [9.17, 15) is 4.39 Å². The monoisotopic (exact) mass is 463 g/mol. The van der Waals surface area contributed by atoms with Crippen molar-refractivity contribution in [3.8, 4) is 11.3 Å². The van der Waals surface area contributed by atoms with Crippen molar-refractivity contribution < 1.29 is 8.81 Å². The molecule has 0 radical (unpaired) electrons. The van der Waals surface area contributed by atoms with E-state index in [4.69, 9.17) is 28.2 Å². The van der Waals surface area contributed by atoms with Gasteiger partial charge < -0.3 is 14.6 Å². The predicted octanol–water partition coefficient (Wildman–Crippen LogP) is 6.62. The smallest absolute Gasteiger partial charge is 0.174 e. The summed E-state index contributed by atoms with van der Waals surface area (Å²) in [6, 6.07) is 21.6. The maximum Gasteiger partial charge on any atom is 0.174 e. The second-order valence-electron chi connectivity index (χ2n) is 7.64. The van der Waals surface area contributed by atoms with Gasteiger partial charge in [0.2, 0.25) is 0 Å². The van der Waals surface area contributed by atoms with Gasteiger partial charge in [-0.05, 0) is 91.4 Å². The Morgan fingerprint density at radius 2 is 1.88 bits per heavy atom. The summed E-state index contributed by atoms with van der Waals surface area (Å²) in [6.45, 7) is 1.74. The number of benzene rings is 2. The molecule has 4 aromatic rings. The molecule has 2 atom stereocenters. The fourth-order valence-corrected chi connectivity index (χ4v) is 4.45. The molecule has 0 saturated carbocycles. The van der Waals surface area contributed by atoms with Crippen LogP contribution in [0.2, 0.25) is 5.02 Å². The molecule has 2 aromatic carbocycles. The standard InChI is InChI=1S/C25H19ClFN3OS/c1-15-14-18(9-10-19(15)27)30-24(23(29-25(30)32)20-4-2-3-13-28-20)22-12-11-21(31-22)16-5-7-17(26)8-6-16/h2-14,23-24H,1H3,(H,29,32)/t23-,24-/m0/s1. The van der Waals surface area contributed by atoms with E-state index in [1.807, 2.05) is 59.5 Å². The molecule has 2 aromatic heterocycles. The first-order valence-corrected chi connectivity index (χ1v) is 10.9.